The van der Waals surface area contributed by atoms with Crippen LogP contribution >= 0.6 is 11.6 Å². The Kier molecular flexibility index (Phi) is 3.65. The smallest absolute Gasteiger partial charge is 0.366 e. The van der Waals surface area contributed by atoms with Crippen molar-refractivity contribution >= 4 is 11.6 Å². The van der Waals surface area contributed by atoms with E-state index in [-0.39, 0.29) is 11.9 Å². The molecule has 0 saturated heterocycles. The first-order valence-corrected chi connectivity index (χ1v) is 3.97. The minimum absolute atomic E-state index is 0.0156. The van der Waals surface area contributed by atoms with E-state index < -0.39 is 12.8 Å². The third-order valence-electron chi connectivity index (χ3n) is 1.20. The number of nitrogens with zero attached hydrogens (tertiary/aromatic N) is 2. The Morgan fingerprint density at radius 3 is 2.71 bits per heavy atom. The SMILES string of the molecule is FC(F)(F)COCc1ccnc(Cl)n1. The van der Waals surface area contributed by atoms with Crippen LogP contribution in [0.2, 0.25) is 5.28 Å². The molecule has 0 bridgehead atoms. The number of ether oxygens (including phenoxy) is 1. The monoisotopic (exact) mass is 226 g/mol. The topological polar surface area (TPSA) is 35.0 Å². The van der Waals surface area contributed by atoms with Crippen molar-refractivity contribution in [3.63, 3.8) is 0 Å². The molecule has 0 aromatic carbocycles. The van der Waals surface area contributed by atoms with Gasteiger partial charge in [-0.3, -0.25) is 0 Å². The zero-order valence-corrected chi connectivity index (χ0v) is 7.64. The zero-order valence-electron chi connectivity index (χ0n) is 6.88. The number of hydrogen-bond donors (Lipinski definition) is 0. The minimum atomic E-state index is -4.32. The molecule has 0 spiro atoms. The highest BCUT2D eigenvalue weighted by molar-refractivity contribution is 6.28. The average molecular weight is 227 g/mol. The van der Waals surface area contributed by atoms with E-state index in [1.54, 1.807) is 0 Å². The molecular formula is C7H6ClF3N2O. The molecular weight excluding hydrogens is 221 g/mol. The van der Waals surface area contributed by atoms with Gasteiger partial charge in [0.05, 0.1) is 12.3 Å². The first-order chi connectivity index (χ1) is 6.47. The minimum Gasteiger partial charge on any atom is -0.366 e. The highest BCUT2D eigenvalue weighted by atomic mass is 35.5. The summed E-state index contributed by atoms with van der Waals surface area (Å²) in [5.41, 5.74) is 0.314. The van der Waals surface area contributed by atoms with Gasteiger partial charge in [0.2, 0.25) is 5.28 Å². The lowest BCUT2D eigenvalue weighted by Crippen LogP contribution is -2.16. The van der Waals surface area contributed by atoms with Gasteiger partial charge in [-0.05, 0) is 17.7 Å². The normalized spacial score (nSPS) is 11.7. The van der Waals surface area contributed by atoms with Gasteiger partial charge in [-0.1, -0.05) is 0 Å². The van der Waals surface area contributed by atoms with E-state index >= 15 is 0 Å². The van der Waals surface area contributed by atoms with Gasteiger partial charge in [0.25, 0.3) is 0 Å². The highest BCUT2D eigenvalue weighted by Gasteiger charge is 2.27. The summed E-state index contributed by atoms with van der Waals surface area (Å²) in [6, 6.07) is 1.43. The second-order valence-corrected chi connectivity index (χ2v) is 2.76. The molecule has 0 amide bonds. The Hall–Kier alpha value is -0.880. The second kappa shape index (κ2) is 4.56. The molecule has 0 saturated carbocycles. The molecule has 0 unspecified atom stereocenters. The molecule has 0 atom stereocenters. The molecule has 0 aliphatic rings. The van der Waals surface area contributed by atoms with E-state index in [0.717, 1.165) is 0 Å². The molecule has 3 nitrogen and oxygen atoms in total. The largest absolute Gasteiger partial charge is 0.411 e. The molecule has 1 aromatic heterocycles. The van der Waals surface area contributed by atoms with E-state index in [4.69, 9.17) is 11.6 Å². The van der Waals surface area contributed by atoms with Crippen molar-refractivity contribution in [2.75, 3.05) is 6.61 Å². The summed E-state index contributed by atoms with van der Waals surface area (Å²) in [5.74, 6) is 0. The molecule has 7 heteroatoms. The molecule has 0 aliphatic carbocycles. The van der Waals surface area contributed by atoms with Crippen molar-refractivity contribution in [2.24, 2.45) is 0 Å². The van der Waals surface area contributed by atoms with Crippen LogP contribution in [0.25, 0.3) is 0 Å². The van der Waals surface area contributed by atoms with Crippen molar-refractivity contribution in [2.45, 2.75) is 12.8 Å². The standard InChI is InChI=1S/C7H6ClF3N2O/c8-6-12-2-1-5(13-6)3-14-4-7(9,10)11/h1-2H,3-4H2. The number of hydrogen-bond acceptors (Lipinski definition) is 3. The summed E-state index contributed by atoms with van der Waals surface area (Å²) >= 11 is 5.41. The van der Waals surface area contributed by atoms with Gasteiger partial charge in [0, 0.05) is 6.20 Å². The maximum atomic E-state index is 11.7. The van der Waals surface area contributed by atoms with E-state index in [2.05, 4.69) is 14.7 Å². The third-order valence-corrected chi connectivity index (χ3v) is 1.38. The lowest BCUT2D eigenvalue weighted by molar-refractivity contribution is -0.176. The fourth-order valence-electron chi connectivity index (χ4n) is 0.721. The second-order valence-electron chi connectivity index (χ2n) is 2.42. The van der Waals surface area contributed by atoms with Gasteiger partial charge < -0.3 is 4.74 Å². The third kappa shape index (κ3) is 4.38. The Labute approximate surface area is 82.9 Å². The van der Waals surface area contributed by atoms with E-state index in [0.29, 0.717) is 5.69 Å². The molecule has 0 radical (unpaired) electrons. The summed E-state index contributed by atoms with van der Waals surface area (Å²) in [7, 11) is 0. The van der Waals surface area contributed by atoms with Crippen LogP contribution in [-0.4, -0.2) is 22.8 Å². The number of alkyl halides is 3. The maximum Gasteiger partial charge on any atom is 0.411 e. The Balaban J connectivity index is 2.39. The van der Waals surface area contributed by atoms with Gasteiger partial charge in [-0.2, -0.15) is 13.2 Å². The fourth-order valence-corrected chi connectivity index (χ4v) is 0.886. The molecule has 1 rings (SSSR count). The molecule has 14 heavy (non-hydrogen) atoms. The van der Waals surface area contributed by atoms with Crippen LogP contribution in [0.15, 0.2) is 12.3 Å². The average Bonchev–Trinajstić information content (AvgIpc) is 2.01. The van der Waals surface area contributed by atoms with Crippen molar-refractivity contribution in [3.05, 3.63) is 23.2 Å². The highest BCUT2D eigenvalue weighted by Crippen LogP contribution is 2.15. The summed E-state index contributed by atoms with van der Waals surface area (Å²) in [5, 5.41) is -0.0156. The van der Waals surface area contributed by atoms with E-state index in [9.17, 15) is 13.2 Å². The summed E-state index contributed by atoms with van der Waals surface area (Å²) in [6.45, 7) is -1.53. The van der Waals surface area contributed by atoms with Gasteiger partial charge in [0.1, 0.15) is 6.61 Å². The van der Waals surface area contributed by atoms with Gasteiger partial charge in [0.15, 0.2) is 0 Å². The lowest BCUT2D eigenvalue weighted by Gasteiger charge is -2.06. The lowest BCUT2D eigenvalue weighted by atomic mass is 10.4. The molecule has 1 heterocycles. The van der Waals surface area contributed by atoms with E-state index in [1.807, 2.05) is 0 Å². The van der Waals surface area contributed by atoms with Gasteiger partial charge in [-0.15, -0.1) is 0 Å². The van der Waals surface area contributed by atoms with Crippen LogP contribution in [0.5, 0.6) is 0 Å². The predicted molar refractivity (Wildman–Crippen MR) is 42.8 cm³/mol. The van der Waals surface area contributed by atoms with Gasteiger partial charge >= 0.3 is 6.18 Å². The van der Waals surface area contributed by atoms with Gasteiger partial charge in [-0.25, -0.2) is 9.97 Å². The van der Waals surface area contributed by atoms with Crippen LogP contribution < -0.4 is 0 Å². The Bertz CT molecular complexity index is 305. The van der Waals surface area contributed by atoms with Crippen LogP contribution in [0, 0.1) is 0 Å². The number of aromatic nitrogens is 2. The molecule has 0 aliphatic heterocycles. The van der Waals surface area contributed by atoms with Crippen LogP contribution in [0.1, 0.15) is 5.69 Å². The summed E-state index contributed by atoms with van der Waals surface area (Å²) < 4.78 is 39.3. The van der Waals surface area contributed by atoms with Crippen LogP contribution in [-0.2, 0) is 11.3 Å². The quantitative estimate of drug-likeness (QED) is 0.742. The maximum absolute atomic E-state index is 11.7. The van der Waals surface area contributed by atoms with Crippen LogP contribution in [0.4, 0.5) is 13.2 Å². The summed E-state index contributed by atoms with van der Waals surface area (Å²) in [6.07, 6.45) is -2.97. The molecule has 78 valence electrons. The Morgan fingerprint density at radius 1 is 1.43 bits per heavy atom. The fraction of sp³-hybridized carbons (Fsp3) is 0.429. The number of rotatable bonds is 3. The molecule has 1 aromatic rings. The van der Waals surface area contributed by atoms with Crippen molar-refractivity contribution in [3.8, 4) is 0 Å². The van der Waals surface area contributed by atoms with Crippen molar-refractivity contribution in [1.82, 2.24) is 9.97 Å². The Morgan fingerprint density at radius 2 is 2.14 bits per heavy atom. The zero-order chi connectivity index (χ0) is 10.6. The molecule has 0 fully saturated rings. The first-order valence-electron chi connectivity index (χ1n) is 3.59. The molecule has 0 N–H and O–H groups in total. The predicted octanol–water partition coefficient (Wildman–Crippen LogP) is 2.21. The summed E-state index contributed by atoms with van der Waals surface area (Å²) in [4.78, 5) is 7.23. The van der Waals surface area contributed by atoms with Crippen LogP contribution in [0.3, 0.4) is 0 Å². The van der Waals surface area contributed by atoms with E-state index in [1.165, 1.54) is 12.3 Å². The van der Waals surface area contributed by atoms with Crippen molar-refractivity contribution < 1.29 is 17.9 Å². The number of halogens is 4. The van der Waals surface area contributed by atoms with Crippen molar-refractivity contribution in [1.29, 1.82) is 0 Å². The first kappa shape index (κ1) is 11.2.